The van der Waals surface area contributed by atoms with E-state index in [2.05, 4.69) is 5.32 Å². The number of nitrogens with two attached hydrogens (primary N) is 1. The van der Waals surface area contributed by atoms with Crippen LogP contribution >= 0.6 is 23.8 Å². The molecule has 2 aromatic carbocycles. The van der Waals surface area contributed by atoms with Crippen molar-refractivity contribution in [3.8, 4) is 0 Å². The number of anilines is 2. The Balaban J connectivity index is 2.01. The van der Waals surface area contributed by atoms with E-state index in [-0.39, 0.29) is 10.7 Å². The minimum atomic E-state index is -0.544. The molecule has 24 heavy (non-hydrogen) atoms. The third kappa shape index (κ3) is 3.15. The summed E-state index contributed by atoms with van der Waals surface area (Å²) < 4.78 is 0. The molecule has 0 unspecified atom stereocenters. The maximum Gasteiger partial charge on any atom is 0.270 e. The van der Waals surface area contributed by atoms with Crippen molar-refractivity contribution in [2.45, 2.75) is 0 Å². The zero-order valence-electron chi connectivity index (χ0n) is 12.3. The average Bonchev–Trinajstić information content (AvgIpc) is 2.53. The first kappa shape index (κ1) is 16.2. The molecule has 3 rings (SSSR count). The number of amides is 2. The van der Waals surface area contributed by atoms with E-state index in [1.54, 1.807) is 48.5 Å². The predicted molar refractivity (Wildman–Crippen MR) is 98.5 cm³/mol. The lowest BCUT2D eigenvalue weighted by atomic mass is 10.1. The van der Waals surface area contributed by atoms with Gasteiger partial charge in [0.05, 0.1) is 5.69 Å². The van der Waals surface area contributed by atoms with Crippen LogP contribution in [0.2, 0.25) is 5.02 Å². The number of rotatable bonds is 2. The van der Waals surface area contributed by atoms with Crippen molar-refractivity contribution in [1.29, 1.82) is 0 Å². The largest absolute Gasteiger partial charge is 0.399 e. The highest BCUT2D eigenvalue weighted by Gasteiger charge is 2.34. The van der Waals surface area contributed by atoms with Crippen LogP contribution in [0, 0.1) is 0 Å². The normalized spacial score (nSPS) is 16.5. The fourth-order valence-electron chi connectivity index (χ4n) is 2.30. The van der Waals surface area contributed by atoms with Gasteiger partial charge in [0.1, 0.15) is 5.57 Å². The third-order valence-corrected chi connectivity index (χ3v) is 3.94. The number of nitrogen functional groups attached to an aromatic ring is 1. The summed E-state index contributed by atoms with van der Waals surface area (Å²) in [5.74, 6) is -1.05. The number of carbonyl (C=O) groups is 2. The van der Waals surface area contributed by atoms with Gasteiger partial charge in [-0.3, -0.25) is 19.8 Å². The summed E-state index contributed by atoms with van der Waals surface area (Å²) in [7, 11) is 0. The lowest BCUT2D eigenvalue weighted by Crippen LogP contribution is -2.54. The molecular weight excluding hydrogens is 346 g/mol. The Morgan fingerprint density at radius 1 is 1.12 bits per heavy atom. The Hall–Kier alpha value is -2.70. The average molecular weight is 358 g/mol. The zero-order valence-corrected chi connectivity index (χ0v) is 13.9. The number of hydrogen-bond donors (Lipinski definition) is 2. The molecule has 1 heterocycles. The van der Waals surface area contributed by atoms with Crippen LogP contribution in [0.3, 0.4) is 0 Å². The molecule has 5 nitrogen and oxygen atoms in total. The quantitative estimate of drug-likeness (QED) is 0.375. The van der Waals surface area contributed by atoms with Gasteiger partial charge in [0.25, 0.3) is 11.8 Å². The number of halogens is 1. The molecule has 0 atom stereocenters. The number of nitrogens with one attached hydrogen (secondary N) is 1. The second kappa shape index (κ2) is 6.43. The van der Waals surface area contributed by atoms with E-state index in [1.807, 2.05) is 0 Å². The molecule has 0 aromatic heterocycles. The SMILES string of the molecule is Nc1cccc(/C=C2/C(=O)NC(=S)N(c3ccc(Cl)cc3)C2=O)c1. The smallest absolute Gasteiger partial charge is 0.270 e. The number of benzene rings is 2. The number of nitrogens with zero attached hydrogens (tertiary/aromatic N) is 1. The van der Waals surface area contributed by atoms with Gasteiger partial charge >= 0.3 is 0 Å². The van der Waals surface area contributed by atoms with Gasteiger partial charge in [0.2, 0.25) is 0 Å². The molecule has 1 aliphatic rings. The van der Waals surface area contributed by atoms with E-state index >= 15 is 0 Å². The van der Waals surface area contributed by atoms with Gasteiger partial charge in [-0.2, -0.15) is 0 Å². The zero-order chi connectivity index (χ0) is 17.3. The van der Waals surface area contributed by atoms with Gasteiger partial charge in [-0.1, -0.05) is 23.7 Å². The Morgan fingerprint density at radius 3 is 2.50 bits per heavy atom. The molecular formula is C17H12ClN3O2S. The Labute approximate surface area is 148 Å². The molecule has 3 N–H and O–H groups in total. The lowest BCUT2D eigenvalue weighted by Gasteiger charge is -2.28. The monoisotopic (exact) mass is 357 g/mol. The summed E-state index contributed by atoms with van der Waals surface area (Å²) in [6.07, 6.45) is 1.48. The highest BCUT2D eigenvalue weighted by molar-refractivity contribution is 7.80. The van der Waals surface area contributed by atoms with Crippen molar-refractivity contribution in [1.82, 2.24) is 5.32 Å². The highest BCUT2D eigenvalue weighted by atomic mass is 35.5. The second-order valence-corrected chi connectivity index (χ2v) is 5.93. The second-order valence-electron chi connectivity index (χ2n) is 5.10. The van der Waals surface area contributed by atoms with E-state index in [1.165, 1.54) is 11.0 Å². The van der Waals surface area contributed by atoms with Gasteiger partial charge in [0.15, 0.2) is 5.11 Å². The number of carbonyl (C=O) groups excluding carboxylic acids is 2. The molecule has 120 valence electrons. The maximum absolute atomic E-state index is 12.8. The first-order valence-corrected chi connectivity index (χ1v) is 7.77. The van der Waals surface area contributed by atoms with Crippen molar-refractivity contribution in [2.75, 3.05) is 10.6 Å². The van der Waals surface area contributed by atoms with E-state index < -0.39 is 11.8 Å². The predicted octanol–water partition coefficient (Wildman–Crippen LogP) is 2.75. The topological polar surface area (TPSA) is 75.4 Å². The summed E-state index contributed by atoms with van der Waals surface area (Å²) in [6, 6.07) is 13.5. The summed E-state index contributed by atoms with van der Waals surface area (Å²) in [4.78, 5) is 26.2. The molecule has 2 aromatic rings. The molecule has 0 bridgehead atoms. The minimum Gasteiger partial charge on any atom is -0.399 e. The molecule has 0 saturated carbocycles. The van der Waals surface area contributed by atoms with Crippen LogP contribution < -0.4 is 16.0 Å². The van der Waals surface area contributed by atoms with Gasteiger partial charge < -0.3 is 5.73 Å². The summed E-state index contributed by atoms with van der Waals surface area (Å²) in [6.45, 7) is 0. The Bertz CT molecular complexity index is 878. The molecule has 7 heteroatoms. The summed E-state index contributed by atoms with van der Waals surface area (Å²) in [5, 5.41) is 3.08. The first-order chi connectivity index (χ1) is 11.5. The number of hydrogen-bond acceptors (Lipinski definition) is 4. The molecule has 1 saturated heterocycles. The Kier molecular flexibility index (Phi) is 4.33. The minimum absolute atomic E-state index is 0.0239. The van der Waals surface area contributed by atoms with E-state index in [0.717, 1.165) is 0 Å². The van der Waals surface area contributed by atoms with Crippen molar-refractivity contribution in [3.63, 3.8) is 0 Å². The van der Waals surface area contributed by atoms with E-state index in [4.69, 9.17) is 29.6 Å². The van der Waals surface area contributed by atoms with Gasteiger partial charge in [0, 0.05) is 10.7 Å². The molecule has 0 radical (unpaired) electrons. The van der Waals surface area contributed by atoms with Crippen LogP contribution in [0.1, 0.15) is 5.56 Å². The molecule has 1 aliphatic heterocycles. The van der Waals surface area contributed by atoms with Crippen LogP contribution in [0.5, 0.6) is 0 Å². The molecule has 2 amide bonds. The summed E-state index contributed by atoms with van der Waals surface area (Å²) in [5.41, 5.74) is 7.42. The van der Waals surface area contributed by atoms with Gasteiger partial charge in [-0.05, 0) is 60.3 Å². The van der Waals surface area contributed by atoms with Crippen molar-refractivity contribution < 1.29 is 9.59 Å². The van der Waals surface area contributed by atoms with Crippen LogP contribution in [-0.2, 0) is 9.59 Å². The third-order valence-electron chi connectivity index (χ3n) is 3.41. The van der Waals surface area contributed by atoms with Gasteiger partial charge in [-0.25, -0.2) is 0 Å². The van der Waals surface area contributed by atoms with Gasteiger partial charge in [-0.15, -0.1) is 0 Å². The lowest BCUT2D eigenvalue weighted by molar-refractivity contribution is -0.122. The Morgan fingerprint density at radius 2 is 1.83 bits per heavy atom. The van der Waals surface area contributed by atoms with Crippen LogP contribution in [0.15, 0.2) is 54.1 Å². The van der Waals surface area contributed by atoms with Crippen molar-refractivity contribution >= 4 is 58.2 Å². The van der Waals surface area contributed by atoms with Crippen LogP contribution in [0.25, 0.3) is 6.08 Å². The van der Waals surface area contributed by atoms with Crippen LogP contribution in [0.4, 0.5) is 11.4 Å². The van der Waals surface area contributed by atoms with Crippen LogP contribution in [-0.4, -0.2) is 16.9 Å². The van der Waals surface area contributed by atoms with Crippen molar-refractivity contribution in [2.24, 2.45) is 0 Å². The molecule has 0 aliphatic carbocycles. The van der Waals surface area contributed by atoms with E-state index in [0.29, 0.717) is 22.0 Å². The number of thiocarbonyl (C=S) groups is 1. The molecule has 1 fully saturated rings. The fourth-order valence-corrected chi connectivity index (χ4v) is 2.70. The maximum atomic E-state index is 12.8. The summed E-state index contributed by atoms with van der Waals surface area (Å²) >= 11 is 11.0. The van der Waals surface area contributed by atoms with E-state index in [9.17, 15) is 9.59 Å². The molecule has 0 spiro atoms. The van der Waals surface area contributed by atoms with Crippen molar-refractivity contribution in [3.05, 3.63) is 64.7 Å². The first-order valence-electron chi connectivity index (χ1n) is 6.98. The fraction of sp³-hybridized carbons (Fsp3) is 0. The standard InChI is InChI=1S/C17H12ClN3O2S/c18-11-4-6-13(7-5-11)21-16(23)14(15(22)20-17(21)24)9-10-2-1-3-12(19)8-10/h1-9H,19H2,(H,20,22,24)/b14-9-. The highest BCUT2D eigenvalue weighted by Crippen LogP contribution is 2.23.